The number of rotatable bonds is 6. The number of nitrogens with one attached hydrogen (secondary N) is 1. The van der Waals surface area contributed by atoms with Crippen LogP contribution in [0.3, 0.4) is 0 Å². The average Bonchev–Trinajstić information content (AvgIpc) is 2.30. The molecule has 1 aromatic carbocycles. The Kier molecular flexibility index (Phi) is 7.44. The van der Waals surface area contributed by atoms with Gasteiger partial charge in [-0.25, -0.2) is 0 Å². The molecular formula is C14H25ClN2. The third-order valence-corrected chi connectivity index (χ3v) is 3.48. The van der Waals surface area contributed by atoms with Crippen molar-refractivity contribution >= 4 is 12.4 Å². The highest BCUT2D eigenvalue weighted by molar-refractivity contribution is 5.85. The molecule has 0 radical (unpaired) electrons. The van der Waals surface area contributed by atoms with Gasteiger partial charge in [-0.1, -0.05) is 44.2 Å². The van der Waals surface area contributed by atoms with E-state index >= 15 is 0 Å². The fourth-order valence-corrected chi connectivity index (χ4v) is 1.65. The Morgan fingerprint density at radius 1 is 1.24 bits per heavy atom. The molecular weight excluding hydrogens is 232 g/mol. The van der Waals surface area contributed by atoms with Gasteiger partial charge in [-0.3, -0.25) is 0 Å². The molecule has 0 bridgehead atoms. The summed E-state index contributed by atoms with van der Waals surface area (Å²) in [6.45, 7) is 8.28. The van der Waals surface area contributed by atoms with Gasteiger partial charge in [0.1, 0.15) is 0 Å². The third-order valence-electron chi connectivity index (χ3n) is 3.48. The van der Waals surface area contributed by atoms with Gasteiger partial charge in [0.25, 0.3) is 0 Å². The largest absolute Gasteiger partial charge is 0.329 e. The van der Waals surface area contributed by atoms with Crippen molar-refractivity contribution < 1.29 is 0 Å². The molecule has 0 aliphatic rings. The molecule has 0 saturated carbocycles. The van der Waals surface area contributed by atoms with E-state index in [0.717, 1.165) is 13.0 Å². The summed E-state index contributed by atoms with van der Waals surface area (Å²) in [6, 6.07) is 10.5. The van der Waals surface area contributed by atoms with E-state index in [0.29, 0.717) is 12.5 Å². The lowest BCUT2D eigenvalue weighted by Gasteiger charge is -2.33. The van der Waals surface area contributed by atoms with Crippen LogP contribution in [0.25, 0.3) is 0 Å². The topological polar surface area (TPSA) is 38.0 Å². The maximum Gasteiger partial charge on any atom is 0.0298 e. The Morgan fingerprint density at radius 3 is 2.29 bits per heavy atom. The van der Waals surface area contributed by atoms with Crippen LogP contribution in [-0.4, -0.2) is 18.6 Å². The van der Waals surface area contributed by atoms with E-state index in [4.69, 9.17) is 5.73 Å². The van der Waals surface area contributed by atoms with E-state index in [2.05, 4.69) is 56.4 Å². The first kappa shape index (κ1) is 16.4. The highest BCUT2D eigenvalue weighted by Gasteiger charge is 2.25. The molecule has 1 unspecified atom stereocenters. The molecule has 3 heteroatoms. The maximum atomic E-state index is 5.82. The van der Waals surface area contributed by atoms with E-state index < -0.39 is 0 Å². The first-order valence-electron chi connectivity index (χ1n) is 6.07. The van der Waals surface area contributed by atoms with Crippen molar-refractivity contribution in [2.75, 3.05) is 13.1 Å². The van der Waals surface area contributed by atoms with Crippen LogP contribution in [0.1, 0.15) is 26.3 Å². The molecule has 98 valence electrons. The normalized spacial score (nSPS) is 14.2. The summed E-state index contributed by atoms with van der Waals surface area (Å²) < 4.78 is 0. The van der Waals surface area contributed by atoms with Crippen LogP contribution in [0.15, 0.2) is 30.3 Å². The van der Waals surface area contributed by atoms with E-state index in [1.807, 2.05) is 0 Å². The van der Waals surface area contributed by atoms with Crippen LogP contribution in [0.2, 0.25) is 0 Å². The Labute approximate surface area is 111 Å². The molecule has 1 aromatic rings. The lowest BCUT2D eigenvalue weighted by Crippen LogP contribution is -2.53. The van der Waals surface area contributed by atoms with Gasteiger partial charge in [0, 0.05) is 12.1 Å². The Hall–Kier alpha value is -0.570. The van der Waals surface area contributed by atoms with E-state index in [-0.39, 0.29) is 17.9 Å². The molecule has 0 aliphatic heterocycles. The summed E-state index contributed by atoms with van der Waals surface area (Å²) in [5.74, 6) is 0.549. The van der Waals surface area contributed by atoms with Gasteiger partial charge >= 0.3 is 0 Å². The van der Waals surface area contributed by atoms with Gasteiger partial charge in [-0.05, 0) is 31.4 Å². The summed E-state index contributed by atoms with van der Waals surface area (Å²) in [6.07, 6.45) is 1.06. The number of halogens is 1. The predicted molar refractivity (Wildman–Crippen MR) is 77.7 cm³/mol. The fourth-order valence-electron chi connectivity index (χ4n) is 1.65. The molecule has 0 saturated heterocycles. The smallest absolute Gasteiger partial charge is 0.0298 e. The van der Waals surface area contributed by atoms with Crippen molar-refractivity contribution in [1.29, 1.82) is 0 Å². The highest BCUT2D eigenvalue weighted by atomic mass is 35.5. The van der Waals surface area contributed by atoms with Gasteiger partial charge in [0.05, 0.1) is 0 Å². The summed E-state index contributed by atoms with van der Waals surface area (Å²) in [5, 5.41) is 3.57. The minimum absolute atomic E-state index is 0. The van der Waals surface area contributed by atoms with Gasteiger partial charge in [0.2, 0.25) is 0 Å². The standard InChI is InChI=1S/C14H24N2.ClH/c1-12(2)14(3,11-15)16-10-9-13-7-5-4-6-8-13;/h4-8,12,16H,9-11,15H2,1-3H3;1H. The minimum Gasteiger partial charge on any atom is -0.329 e. The molecule has 1 atom stereocenters. The number of hydrogen-bond acceptors (Lipinski definition) is 2. The van der Waals surface area contributed by atoms with Crippen LogP contribution in [-0.2, 0) is 6.42 Å². The van der Waals surface area contributed by atoms with Crippen LogP contribution < -0.4 is 11.1 Å². The van der Waals surface area contributed by atoms with Crippen molar-refractivity contribution in [1.82, 2.24) is 5.32 Å². The summed E-state index contributed by atoms with van der Waals surface area (Å²) in [7, 11) is 0. The monoisotopic (exact) mass is 256 g/mol. The highest BCUT2D eigenvalue weighted by Crippen LogP contribution is 2.14. The number of hydrogen-bond donors (Lipinski definition) is 2. The molecule has 0 aromatic heterocycles. The van der Waals surface area contributed by atoms with Crippen molar-refractivity contribution in [3.05, 3.63) is 35.9 Å². The lowest BCUT2D eigenvalue weighted by atomic mass is 9.88. The SMILES string of the molecule is CC(C)C(C)(CN)NCCc1ccccc1.Cl. The summed E-state index contributed by atoms with van der Waals surface area (Å²) in [5.41, 5.74) is 7.25. The Balaban J connectivity index is 0.00000256. The molecule has 0 aliphatic carbocycles. The van der Waals surface area contributed by atoms with Gasteiger partial charge in [-0.2, -0.15) is 0 Å². The van der Waals surface area contributed by atoms with Crippen molar-refractivity contribution in [2.24, 2.45) is 11.7 Å². The third kappa shape index (κ3) is 5.07. The first-order valence-corrected chi connectivity index (χ1v) is 6.07. The van der Waals surface area contributed by atoms with Gasteiger partial charge in [-0.15, -0.1) is 12.4 Å². The van der Waals surface area contributed by atoms with Crippen LogP contribution in [0, 0.1) is 5.92 Å². The van der Waals surface area contributed by atoms with Crippen LogP contribution in [0.5, 0.6) is 0 Å². The predicted octanol–water partition coefficient (Wildman–Crippen LogP) is 2.61. The Bertz CT molecular complexity index is 300. The summed E-state index contributed by atoms with van der Waals surface area (Å²) >= 11 is 0. The van der Waals surface area contributed by atoms with Gasteiger partial charge < -0.3 is 11.1 Å². The van der Waals surface area contributed by atoms with Crippen LogP contribution >= 0.6 is 12.4 Å². The molecule has 0 amide bonds. The minimum atomic E-state index is 0. The zero-order valence-corrected chi connectivity index (χ0v) is 11.9. The van der Waals surface area contributed by atoms with Crippen molar-refractivity contribution in [3.8, 4) is 0 Å². The molecule has 0 fully saturated rings. The van der Waals surface area contributed by atoms with Crippen molar-refractivity contribution in [2.45, 2.75) is 32.7 Å². The maximum absolute atomic E-state index is 5.82. The van der Waals surface area contributed by atoms with E-state index in [1.54, 1.807) is 0 Å². The molecule has 17 heavy (non-hydrogen) atoms. The number of nitrogens with two attached hydrogens (primary N) is 1. The molecule has 2 nitrogen and oxygen atoms in total. The summed E-state index contributed by atoms with van der Waals surface area (Å²) in [4.78, 5) is 0. The molecule has 0 spiro atoms. The zero-order chi connectivity index (χ0) is 12.0. The molecule has 3 N–H and O–H groups in total. The Morgan fingerprint density at radius 2 is 1.82 bits per heavy atom. The first-order chi connectivity index (χ1) is 7.58. The quantitative estimate of drug-likeness (QED) is 0.821. The molecule has 1 rings (SSSR count). The average molecular weight is 257 g/mol. The lowest BCUT2D eigenvalue weighted by molar-refractivity contribution is 0.271. The van der Waals surface area contributed by atoms with E-state index in [1.165, 1.54) is 5.56 Å². The molecule has 0 heterocycles. The second kappa shape index (κ2) is 7.70. The van der Waals surface area contributed by atoms with Crippen LogP contribution in [0.4, 0.5) is 0 Å². The second-order valence-electron chi connectivity index (χ2n) is 4.94. The zero-order valence-electron chi connectivity index (χ0n) is 11.1. The van der Waals surface area contributed by atoms with Crippen molar-refractivity contribution in [3.63, 3.8) is 0 Å². The second-order valence-corrected chi connectivity index (χ2v) is 4.94. The number of benzene rings is 1. The van der Waals surface area contributed by atoms with E-state index in [9.17, 15) is 0 Å². The fraction of sp³-hybridized carbons (Fsp3) is 0.571. The van der Waals surface area contributed by atoms with Gasteiger partial charge in [0.15, 0.2) is 0 Å².